The summed E-state index contributed by atoms with van der Waals surface area (Å²) in [6, 6.07) is 6.25. The molecular formula is C21H35NO3S. The van der Waals surface area contributed by atoms with Crippen LogP contribution in [0.15, 0.2) is 41.8 Å². The fourth-order valence-electron chi connectivity index (χ4n) is 2.93. The van der Waals surface area contributed by atoms with Crippen LogP contribution in [-0.4, -0.2) is 25.7 Å². The predicted molar refractivity (Wildman–Crippen MR) is 109 cm³/mol. The summed E-state index contributed by atoms with van der Waals surface area (Å²) >= 11 is 0. The van der Waals surface area contributed by atoms with E-state index in [1.54, 1.807) is 30.3 Å². The maximum atomic E-state index is 12.4. The van der Waals surface area contributed by atoms with E-state index >= 15 is 0 Å². The molecule has 148 valence electrons. The highest BCUT2D eigenvalue weighted by Gasteiger charge is 2.20. The Labute approximate surface area is 159 Å². The molecule has 0 unspecified atom stereocenters. The van der Waals surface area contributed by atoms with Crippen molar-refractivity contribution < 1.29 is 13.5 Å². The van der Waals surface area contributed by atoms with Crippen LogP contribution in [0.5, 0.6) is 0 Å². The van der Waals surface area contributed by atoms with Crippen LogP contribution in [0.3, 0.4) is 0 Å². The largest absolute Gasteiger partial charge is 0.393 e. The van der Waals surface area contributed by atoms with Gasteiger partial charge in [0.1, 0.15) is 0 Å². The van der Waals surface area contributed by atoms with Crippen LogP contribution in [0.2, 0.25) is 0 Å². The van der Waals surface area contributed by atoms with E-state index in [2.05, 4.69) is 18.2 Å². The normalized spacial score (nSPS) is 14.1. The highest BCUT2D eigenvalue weighted by molar-refractivity contribution is 7.89. The van der Waals surface area contributed by atoms with Gasteiger partial charge in [-0.15, -0.1) is 6.58 Å². The maximum Gasteiger partial charge on any atom is 0.241 e. The van der Waals surface area contributed by atoms with Gasteiger partial charge in [-0.2, -0.15) is 0 Å². The van der Waals surface area contributed by atoms with Gasteiger partial charge in [-0.25, -0.2) is 13.1 Å². The molecule has 0 saturated carbocycles. The van der Waals surface area contributed by atoms with Crippen molar-refractivity contribution in [3.8, 4) is 0 Å². The molecule has 2 N–H and O–H groups in total. The lowest BCUT2D eigenvalue weighted by Gasteiger charge is -2.19. The van der Waals surface area contributed by atoms with E-state index in [-0.39, 0.29) is 4.90 Å². The summed E-state index contributed by atoms with van der Waals surface area (Å²) in [6.45, 7) is 7.83. The molecule has 1 aromatic rings. The molecule has 5 heteroatoms. The standard InChI is InChI=1S/C21H35NO3S/c1-4-6-7-8-9-10-11-12-20(23)17-19(5-2)22-26(24,25)21-15-13-18(3)14-16-21/h5,13-16,19-20,22-23H,2,4,6-12,17H2,1,3H3/t19-,20+/m0/s1. The lowest BCUT2D eigenvalue weighted by molar-refractivity contribution is 0.145. The number of benzene rings is 1. The molecule has 26 heavy (non-hydrogen) atoms. The Bertz CT molecular complexity index is 611. The summed E-state index contributed by atoms with van der Waals surface area (Å²) in [4.78, 5) is 0.233. The lowest BCUT2D eigenvalue weighted by atomic mass is 10.0. The number of sulfonamides is 1. The molecule has 1 aromatic carbocycles. The van der Waals surface area contributed by atoms with Gasteiger partial charge in [0.2, 0.25) is 10.0 Å². The average Bonchev–Trinajstić information content (AvgIpc) is 2.60. The van der Waals surface area contributed by atoms with Crippen LogP contribution < -0.4 is 4.72 Å². The number of rotatable bonds is 14. The number of aryl methyl sites for hydroxylation is 1. The van der Waals surface area contributed by atoms with E-state index in [0.29, 0.717) is 12.8 Å². The van der Waals surface area contributed by atoms with Gasteiger partial charge in [0.05, 0.1) is 11.0 Å². The third-order valence-corrected chi connectivity index (χ3v) is 6.10. The first kappa shape index (κ1) is 22.9. The molecule has 0 fully saturated rings. The summed E-state index contributed by atoms with van der Waals surface area (Å²) in [7, 11) is -3.60. The number of hydrogen-bond acceptors (Lipinski definition) is 3. The minimum Gasteiger partial charge on any atom is -0.393 e. The molecule has 0 spiro atoms. The SMILES string of the molecule is C=C[C@@H](C[C@H](O)CCCCCCCCC)NS(=O)(=O)c1ccc(C)cc1. The van der Waals surface area contributed by atoms with Crippen molar-refractivity contribution in [3.05, 3.63) is 42.5 Å². The van der Waals surface area contributed by atoms with Crippen LogP contribution in [-0.2, 0) is 10.0 Å². The van der Waals surface area contributed by atoms with Gasteiger partial charge in [-0.3, -0.25) is 0 Å². The monoisotopic (exact) mass is 381 g/mol. The zero-order valence-corrected chi connectivity index (χ0v) is 17.1. The molecule has 0 aromatic heterocycles. The van der Waals surface area contributed by atoms with Crippen molar-refractivity contribution >= 4 is 10.0 Å². The molecular weight excluding hydrogens is 346 g/mol. The predicted octanol–water partition coefficient (Wildman–Crippen LogP) is 4.72. The molecule has 2 atom stereocenters. The zero-order chi connectivity index (χ0) is 19.4. The first-order valence-corrected chi connectivity index (χ1v) is 11.3. The molecule has 0 bridgehead atoms. The fourth-order valence-corrected chi connectivity index (χ4v) is 4.15. The quantitative estimate of drug-likeness (QED) is 0.362. The maximum absolute atomic E-state index is 12.4. The Morgan fingerprint density at radius 1 is 1.08 bits per heavy atom. The first-order valence-electron chi connectivity index (χ1n) is 9.78. The summed E-state index contributed by atoms with van der Waals surface area (Å²) in [5.74, 6) is 0. The Hall–Kier alpha value is -1.17. The average molecular weight is 382 g/mol. The molecule has 0 amide bonds. The second-order valence-electron chi connectivity index (χ2n) is 7.08. The minimum absolute atomic E-state index is 0.233. The number of unbranched alkanes of at least 4 members (excludes halogenated alkanes) is 6. The molecule has 0 radical (unpaired) electrons. The van der Waals surface area contributed by atoms with E-state index in [4.69, 9.17) is 0 Å². The summed E-state index contributed by atoms with van der Waals surface area (Å²) in [6.07, 6.45) is 10.5. The number of aliphatic hydroxyl groups is 1. The molecule has 0 aliphatic heterocycles. The summed E-state index contributed by atoms with van der Waals surface area (Å²) in [5, 5.41) is 10.2. The fraction of sp³-hybridized carbons (Fsp3) is 0.619. The Morgan fingerprint density at radius 2 is 1.65 bits per heavy atom. The van der Waals surface area contributed by atoms with Crippen molar-refractivity contribution in [2.75, 3.05) is 0 Å². The number of hydrogen-bond donors (Lipinski definition) is 2. The van der Waals surface area contributed by atoms with Gasteiger partial charge in [0.25, 0.3) is 0 Å². The van der Waals surface area contributed by atoms with Crippen LogP contribution >= 0.6 is 0 Å². The van der Waals surface area contributed by atoms with E-state index in [1.165, 1.54) is 32.1 Å². The summed E-state index contributed by atoms with van der Waals surface area (Å²) < 4.78 is 27.5. The third-order valence-electron chi connectivity index (χ3n) is 4.59. The topological polar surface area (TPSA) is 66.4 Å². The van der Waals surface area contributed by atoms with Crippen LogP contribution in [0.1, 0.15) is 70.3 Å². The Balaban J connectivity index is 2.39. The second kappa shape index (κ2) is 12.3. The van der Waals surface area contributed by atoms with Crippen molar-refractivity contribution in [3.63, 3.8) is 0 Å². The molecule has 4 nitrogen and oxygen atoms in total. The van der Waals surface area contributed by atoms with Gasteiger partial charge in [0.15, 0.2) is 0 Å². The zero-order valence-electron chi connectivity index (χ0n) is 16.3. The molecule has 1 rings (SSSR count). The van der Waals surface area contributed by atoms with Crippen LogP contribution in [0, 0.1) is 6.92 Å². The van der Waals surface area contributed by atoms with Crippen LogP contribution in [0.4, 0.5) is 0 Å². The van der Waals surface area contributed by atoms with E-state index in [0.717, 1.165) is 18.4 Å². The van der Waals surface area contributed by atoms with Crippen LogP contribution in [0.25, 0.3) is 0 Å². The third kappa shape index (κ3) is 8.97. The highest BCUT2D eigenvalue weighted by Crippen LogP contribution is 2.15. The van der Waals surface area contributed by atoms with Gasteiger partial charge >= 0.3 is 0 Å². The smallest absolute Gasteiger partial charge is 0.241 e. The Morgan fingerprint density at radius 3 is 2.23 bits per heavy atom. The highest BCUT2D eigenvalue weighted by atomic mass is 32.2. The second-order valence-corrected chi connectivity index (χ2v) is 8.79. The van der Waals surface area contributed by atoms with Crippen molar-refractivity contribution in [1.82, 2.24) is 4.72 Å². The number of nitrogens with one attached hydrogen (secondary N) is 1. The van der Waals surface area contributed by atoms with Gasteiger partial charge in [0, 0.05) is 6.04 Å². The number of aliphatic hydroxyl groups excluding tert-OH is 1. The molecule has 0 aliphatic carbocycles. The van der Waals surface area contributed by atoms with Gasteiger partial charge in [-0.1, -0.05) is 75.6 Å². The van der Waals surface area contributed by atoms with E-state index in [9.17, 15) is 13.5 Å². The van der Waals surface area contributed by atoms with E-state index in [1.807, 2.05) is 6.92 Å². The minimum atomic E-state index is -3.60. The molecule has 0 heterocycles. The van der Waals surface area contributed by atoms with Gasteiger partial charge in [-0.05, 0) is 31.9 Å². The Kier molecular flexibility index (Phi) is 10.8. The first-order chi connectivity index (χ1) is 12.4. The van der Waals surface area contributed by atoms with Crippen molar-refractivity contribution in [2.24, 2.45) is 0 Å². The van der Waals surface area contributed by atoms with Gasteiger partial charge < -0.3 is 5.11 Å². The summed E-state index contributed by atoms with van der Waals surface area (Å²) in [5.41, 5.74) is 1.01. The van der Waals surface area contributed by atoms with Crippen molar-refractivity contribution in [1.29, 1.82) is 0 Å². The lowest BCUT2D eigenvalue weighted by Crippen LogP contribution is -2.35. The molecule has 0 saturated heterocycles. The van der Waals surface area contributed by atoms with E-state index < -0.39 is 22.2 Å². The molecule has 0 aliphatic rings. The van der Waals surface area contributed by atoms with Crippen molar-refractivity contribution in [2.45, 2.75) is 88.7 Å².